The number of aryl methyl sites for hydroxylation is 1. The summed E-state index contributed by atoms with van der Waals surface area (Å²) in [6.45, 7) is 3.74. The van der Waals surface area contributed by atoms with E-state index in [0.717, 1.165) is 5.69 Å². The molecule has 142 valence electrons. The molecule has 0 spiro atoms. The number of carbonyl (C=O) groups is 1. The number of nitrogens with zero attached hydrogens (tertiary/aromatic N) is 3. The summed E-state index contributed by atoms with van der Waals surface area (Å²) in [5.74, 6) is 0.169. The van der Waals surface area contributed by atoms with Gasteiger partial charge in [0.2, 0.25) is 0 Å². The van der Waals surface area contributed by atoms with Gasteiger partial charge in [0, 0.05) is 10.6 Å². The van der Waals surface area contributed by atoms with Crippen molar-refractivity contribution < 1.29 is 9.53 Å². The summed E-state index contributed by atoms with van der Waals surface area (Å²) in [6, 6.07) is 13.5. The zero-order valence-corrected chi connectivity index (χ0v) is 16.7. The number of anilines is 1. The van der Waals surface area contributed by atoms with Gasteiger partial charge in [0.25, 0.3) is 5.91 Å². The summed E-state index contributed by atoms with van der Waals surface area (Å²) in [5, 5.41) is 17.2. The summed E-state index contributed by atoms with van der Waals surface area (Å²) in [4.78, 5) is 12.5. The highest BCUT2D eigenvalue weighted by Crippen LogP contribution is 2.28. The molecule has 0 saturated carbocycles. The molecule has 0 aliphatic rings. The lowest BCUT2D eigenvalue weighted by Crippen LogP contribution is -2.14. The van der Waals surface area contributed by atoms with Gasteiger partial charge in [0.15, 0.2) is 6.73 Å². The van der Waals surface area contributed by atoms with Crippen LogP contribution < -0.4 is 10.1 Å². The van der Waals surface area contributed by atoms with Crippen LogP contribution >= 0.6 is 23.2 Å². The van der Waals surface area contributed by atoms with Crippen LogP contribution in [0.1, 0.15) is 27.3 Å². The number of amides is 1. The van der Waals surface area contributed by atoms with Gasteiger partial charge in [-0.2, -0.15) is 10.4 Å². The molecular formula is C20H16Cl2N4O2. The SMILES string of the molecule is Cc1nn(COc2ccc(Cl)cc2Cl)c(C)c1NC(=O)c1cccc(C#N)c1. The third-order valence-corrected chi connectivity index (χ3v) is 4.64. The Kier molecular flexibility index (Phi) is 5.88. The second-order valence-corrected chi connectivity index (χ2v) is 6.88. The van der Waals surface area contributed by atoms with Crippen molar-refractivity contribution >= 4 is 34.8 Å². The zero-order chi connectivity index (χ0) is 20.3. The summed E-state index contributed by atoms with van der Waals surface area (Å²) >= 11 is 12.0. The van der Waals surface area contributed by atoms with E-state index in [2.05, 4.69) is 10.4 Å². The highest BCUT2D eigenvalue weighted by atomic mass is 35.5. The molecule has 28 heavy (non-hydrogen) atoms. The molecule has 2 aromatic carbocycles. The fourth-order valence-electron chi connectivity index (χ4n) is 2.64. The van der Waals surface area contributed by atoms with E-state index in [-0.39, 0.29) is 12.6 Å². The molecule has 1 N–H and O–H groups in total. The van der Waals surface area contributed by atoms with Gasteiger partial charge in [-0.3, -0.25) is 4.79 Å². The van der Waals surface area contributed by atoms with Crippen molar-refractivity contribution in [2.24, 2.45) is 0 Å². The van der Waals surface area contributed by atoms with Crippen LogP contribution in [0.4, 0.5) is 5.69 Å². The molecule has 1 aromatic heterocycles. The van der Waals surface area contributed by atoms with E-state index in [9.17, 15) is 4.79 Å². The molecule has 1 amide bonds. The average molecular weight is 415 g/mol. The molecular weight excluding hydrogens is 399 g/mol. The Morgan fingerprint density at radius 2 is 2.04 bits per heavy atom. The Bertz CT molecular complexity index is 1090. The van der Waals surface area contributed by atoms with E-state index < -0.39 is 0 Å². The van der Waals surface area contributed by atoms with Crippen LogP contribution in [0.3, 0.4) is 0 Å². The van der Waals surface area contributed by atoms with E-state index in [1.807, 2.05) is 13.0 Å². The first kappa shape index (κ1) is 19.7. The Morgan fingerprint density at radius 3 is 2.75 bits per heavy atom. The van der Waals surface area contributed by atoms with Gasteiger partial charge in [-0.1, -0.05) is 29.3 Å². The van der Waals surface area contributed by atoms with Crippen molar-refractivity contribution in [3.05, 3.63) is 75.0 Å². The summed E-state index contributed by atoms with van der Waals surface area (Å²) in [7, 11) is 0. The first-order chi connectivity index (χ1) is 13.4. The second-order valence-electron chi connectivity index (χ2n) is 6.04. The number of benzene rings is 2. The van der Waals surface area contributed by atoms with Gasteiger partial charge < -0.3 is 10.1 Å². The van der Waals surface area contributed by atoms with Crippen LogP contribution in [0, 0.1) is 25.2 Å². The minimum atomic E-state index is -0.315. The van der Waals surface area contributed by atoms with Crippen LogP contribution in [0.2, 0.25) is 10.0 Å². The van der Waals surface area contributed by atoms with Crippen LogP contribution in [0.25, 0.3) is 0 Å². The fraction of sp³-hybridized carbons (Fsp3) is 0.150. The predicted molar refractivity (Wildman–Crippen MR) is 108 cm³/mol. The van der Waals surface area contributed by atoms with Crippen LogP contribution in [0.15, 0.2) is 42.5 Å². The third-order valence-electron chi connectivity index (χ3n) is 4.11. The first-order valence-corrected chi connectivity index (χ1v) is 9.08. The monoisotopic (exact) mass is 414 g/mol. The Morgan fingerprint density at radius 1 is 1.25 bits per heavy atom. The summed E-state index contributed by atoms with van der Waals surface area (Å²) in [5.41, 5.74) is 2.79. The first-order valence-electron chi connectivity index (χ1n) is 8.32. The van der Waals surface area contributed by atoms with Crippen LogP contribution in [0.5, 0.6) is 5.75 Å². The Balaban J connectivity index is 1.76. The second kappa shape index (κ2) is 8.34. The van der Waals surface area contributed by atoms with Gasteiger partial charge in [-0.25, -0.2) is 4.68 Å². The molecule has 0 aliphatic carbocycles. The summed E-state index contributed by atoms with van der Waals surface area (Å²) < 4.78 is 7.33. The van der Waals surface area contributed by atoms with Crippen molar-refractivity contribution in [3.8, 4) is 11.8 Å². The molecule has 0 aliphatic heterocycles. The quantitative estimate of drug-likeness (QED) is 0.638. The molecule has 3 rings (SSSR count). The highest BCUT2D eigenvalue weighted by molar-refractivity contribution is 6.35. The van der Waals surface area contributed by atoms with E-state index in [1.54, 1.807) is 48.0 Å². The van der Waals surface area contributed by atoms with Crippen molar-refractivity contribution in [2.75, 3.05) is 5.32 Å². The minimum absolute atomic E-state index is 0.119. The number of nitrogens with one attached hydrogen (secondary N) is 1. The number of aromatic nitrogens is 2. The lowest BCUT2D eigenvalue weighted by Gasteiger charge is -2.10. The largest absolute Gasteiger partial charge is 0.470 e. The molecule has 1 heterocycles. The van der Waals surface area contributed by atoms with Crippen molar-refractivity contribution in [1.82, 2.24) is 9.78 Å². The Hall–Kier alpha value is -3.01. The molecule has 0 bridgehead atoms. The van der Waals surface area contributed by atoms with E-state index >= 15 is 0 Å². The van der Waals surface area contributed by atoms with Crippen molar-refractivity contribution in [2.45, 2.75) is 20.6 Å². The topological polar surface area (TPSA) is 79.9 Å². The number of hydrogen-bond acceptors (Lipinski definition) is 4. The summed E-state index contributed by atoms with van der Waals surface area (Å²) in [6.07, 6.45) is 0. The van der Waals surface area contributed by atoms with E-state index in [1.165, 1.54) is 6.07 Å². The maximum Gasteiger partial charge on any atom is 0.255 e. The smallest absolute Gasteiger partial charge is 0.255 e. The van der Waals surface area contributed by atoms with Gasteiger partial charge >= 0.3 is 0 Å². The lowest BCUT2D eigenvalue weighted by molar-refractivity contribution is 0.102. The van der Waals surface area contributed by atoms with Gasteiger partial charge in [0.05, 0.1) is 33.7 Å². The van der Waals surface area contributed by atoms with E-state index in [0.29, 0.717) is 38.3 Å². The fourth-order valence-corrected chi connectivity index (χ4v) is 3.11. The molecule has 0 fully saturated rings. The normalized spacial score (nSPS) is 10.4. The number of halogens is 2. The highest BCUT2D eigenvalue weighted by Gasteiger charge is 2.16. The molecule has 0 radical (unpaired) electrons. The molecule has 6 nitrogen and oxygen atoms in total. The van der Waals surface area contributed by atoms with Crippen molar-refractivity contribution in [1.29, 1.82) is 5.26 Å². The Labute approximate surface area is 172 Å². The number of carbonyl (C=O) groups excluding carboxylic acids is 1. The molecule has 0 unspecified atom stereocenters. The van der Waals surface area contributed by atoms with E-state index in [4.69, 9.17) is 33.2 Å². The predicted octanol–water partition coefficient (Wildman–Crippen LogP) is 4.97. The average Bonchev–Trinajstić information content (AvgIpc) is 2.95. The number of rotatable bonds is 5. The molecule has 0 saturated heterocycles. The van der Waals surface area contributed by atoms with Crippen LogP contribution in [-0.2, 0) is 6.73 Å². The number of ether oxygens (including phenoxy) is 1. The minimum Gasteiger partial charge on any atom is -0.470 e. The molecule has 3 aromatic rings. The maximum atomic E-state index is 12.5. The maximum absolute atomic E-state index is 12.5. The van der Waals surface area contributed by atoms with Crippen molar-refractivity contribution in [3.63, 3.8) is 0 Å². The third kappa shape index (κ3) is 4.28. The van der Waals surface area contributed by atoms with Gasteiger partial charge in [-0.05, 0) is 50.2 Å². The van der Waals surface area contributed by atoms with Gasteiger partial charge in [-0.15, -0.1) is 0 Å². The standard InChI is InChI=1S/C20H16Cl2N4O2/c1-12-19(24-20(27)15-5-3-4-14(8-15)10-23)13(2)26(25-12)11-28-18-7-6-16(21)9-17(18)22/h3-9H,11H2,1-2H3,(H,24,27). The van der Waals surface area contributed by atoms with Crippen LogP contribution in [-0.4, -0.2) is 15.7 Å². The lowest BCUT2D eigenvalue weighted by atomic mass is 10.1. The zero-order valence-electron chi connectivity index (χ0n) is 15.2. The number of nitriles is 1. The van der Waals surface area contributed by atoms with Gasteiger partial charge in [0.1, 0.15) is 5.75 Å². The molecule has 0 atom stereocenters. The molecule has 8 heteroatoms. The number of hydrogen-bond donors (Lipinski definition) is 1.